The number of hydrogen-bond donors (Lipinski definition) is 1. The smallest absolute Gasteiger partial charge is 0.341 e. The SMILES string of the molecule is CCn1c(SCC(=O)Nc2sc3c(c2C(=O)OC)CCCCCC3)nnc1C(C)Oc1ccc(F)cc1Cl. The number of nitrogens with zero attached hydrogens (tertiary/aromatic N) is 3. The Morgan fingerprint density at radius 1 is 1.24 bits per heavy atom. The normalized spacial score (nSPS) is 14.2. The number of carbonyl (C=O) groups is 2. The van der Waals surface area contributed by atoms with Crippen molar-refractivity contribution in [2.24, 2.45) is 0 Å². The number of halogens is 2. The molecule has 0 bridgehead atoms. The summed E-state index contributed by atoms with van der Waals surface area (Å²) >= 11 is 8.81. The van der Waals surface area contributed by atoms with Gasteiger partial charge in [-0.1, -0.05) is 36.2 Å². The van der Waals surface area contributed by atoms with E-state index in [1.54, 1.807) is 6.92 Å². The summed E-state index contributed by atoms with van der Waals surface area (Å²) in [5, 5.41) is 12.7. The number of hydrogen-bond acceptors (Lipinski definition) is 8. The van der Waals surface area contributed by atoms with Crippen LogP contribution in [0.3, 0.4) is 0 Å². The number of aromatic nitrogens is 3. The molecule has 0 spiro atoms. The van der Waals surface area contributed by atoms with Gasteiger partial charge in [-0.15, -0.1) is 21.5 Å². The zero-order valence-corrected chi connectivity index (χ0v) is 23.9. The number of thiophene rings is 1. The Balaban J connectivity index is 1.45. The van der Waals surface area contributed by atoms with Crippen LogP contribution in [0.2, 0.25) is 5.02 Å². The van der Waals surface area contributed by atoms with Crippen molar-refractivity contribution in [3.63, 3.8) is 0 Å². The summed E-state index contributed by atoms with van der Waals surface area (Å²) in [6, 6.07) is 3.93. The fourth-order valence-corrected chi connectivity index (χ4v) is 6.75. The van der Waals surface area contributed by atoms with E-state index < -0.39 is 17.9 Å². The van der Waals surface area contributed by atoms with Gasteiger partial charge in [0.25, 0.3) is 0 Å². The van der Waals surface area contributed by atoms with Crippen LogP contribution in [0.5, 0.6) is 5.75 Å². The van der Waals surface area contributed by atoms with Crippen molar-refractivity contribution in [1.82, 2.24) is 14.8 Å². The predicted octanol–water partition coefficient (Wildman–Crippen LogP) is 6.47. The fourth-order valence-electron chi connectivity index (χ4n) is 4.44. The van der Waals surface area contributed by atoms with Gasteiger partial charge in [-0.2, -0.15) is 0 Å². The molecular formula is C26H30ClFN4O4S2. The molecular weight excluding hydrogens is 551 g/mol. The molecule has 2 heterocycles. The van der Waals surface area contributed by atoms with E-state index in [1.807, 2.05) is 11.5 Å². The fraction of sp³-hybridized carbons (Fsp3) is 0.462. The second-order valence-corrected chi connectivity index (χ2v) is 11.3. The van der Waals surface area contributed by atoms with Gasteiger partial charge in [0.1, 0.15) is 16.6 Å². The molecule has 0 saturated carbocycles. The first-order valence-corrected chi connectivity index (χ1v) is 14.7. The van der Waals surface area contributed by atoms with Crippen molar-refractivity contribution in [3.05, 3.63) is 50.9 Å². The van der Waals surface area contributed by atoms with E-state index in [0.717, 1.165) is 42.5 Å². The van der Waals surface area contributed by atoms with E-state index in [-0.39, 0.29) is 16.7 Å². The largest absolute Gasteiger partial charge is 0.481 e. The average Bonchev–Trinajstić information content (AvgIpc) is 3.44. The number of methoxy groups -OCH3 is 1. The maximum Gasteiger partial charge on any atom is 0.341 e. The molecule has 0 radical (unpaired) electrons. The Labute approximate surface area is 234 Å². The molecule has 12 heteroatoms. The van der Waals surface area contributed by atoms with Crippen LogP contribution in [-0.4, -0.2) is 39.5 Å². The minimum atomic E-state index is -0.512. The first-order chi connectivity index (χ1) is 18.3. The van der Waals surface area contributed by atoms with Gasteiger partial charge >= 0.3 is 5.97 Å². The van der Waals surface area contributed by atoms with Crippen molar-refractivity contribution in [3.8, 4) is 5.75 Å². The molecule has 1 N–H and O–H groups in total. The lowest BCUT2D eigenvalue weighted by Gasteiger charge is -2.16. The summed E-state index contributed by atoms with van der Waals surface area (Å²) < 4.78 is 26.2. The van der Waals surface area contributed by atoms with E-state index in [2.05, 4.69) is 15.5 Å². The summed E-state index contributed by atoms with van der Waals surface area (Å²) in [5.74, 6) is -0.134. The summed E-state index contributed by atoms with van der Waals surface area (Å²) in [6.07, 6.45) is 5.59. The molecule has 2 aromatic heterocycles. The Morgan fingerprint density at radius 2 is 2.00 bits per heavy atom. The Morgan fingerprint density at radius 3 is 2.71 bits per heavy atom. The molecule has 4 rings (SSSR count). The van der Waals surface area contributed by atoms with Crippen molar-refractivity contribution < 1.29 is 23.5 Å². The number of carbonyl (C=O) groups excluding carboxylic acids is 2. The van der Waals surface area contributed by atoms with Crippen LogP contribution in [0.25, 0.3) is 0 Å². The summed E-state index contributed by atoms with van der Waals surface area (Å²) in [4.78, 5) is 26.7. The third kappa shape index (κ3) is 6.50. The maximum atomic E-state index is 13.4. The highest BCUT2D eigenvalue weighted by Gasteiger charge is 2.26. The minimum Gasteiger partial charge on any atom is -0.481 e. The molecule has 1 unspecified atom stereocenters. The lowest BCUT2D eigenvalue weighted by molar-refractivity contribution is -0.113. The van der Waals surface area contributed by atoms with E-state index in [1.165, 1.54) is 54.8 Å². The summed E-state index contributed by atoms with van der Waals surface area (Å²) in [5.41, 5.74) is 1.49. The lowest BCUT2D eigenvalue weighted by atomic mass is 9.96. The number of nitrogens with one attached hydrogen (secondary N) is 1. The number of esters is 1. The topological polar surface area (TPSA) is 95.3 Å². The molecule has 1 aromatic carbocycles. The predicted molar refractivity (Wildman–Crippen MR) is 147 cm³/mol. The Kier molecular flexibility index (Phi) is 9.67. The standard InChI is InChI=1S/C26H30ClFN4O4S2/c1-4-32-23(15(2)36-19-12-11-16(28)13-18(19)27)30-31-26(32)37-14-21(33)29-24-22(25(34)35-3)17-9-7-5-6-8-10-20(17)38-24/h11-13,15H,4-10,14H2,1-3H3,(H,29,33). The van der Waals surface area contributed by atoms with Crippen molar-refractivity contribution in [2.45, 2.75) is 70.2 Å². The third-order valence-electron chi connectivity index (χ3n) is 6.27. The first kappa shape index (κ1) is 28.4. The highest BCUT2D eigenvalue weighted by molar-refractivity contribution is 7.99. The Hall–Kier alpha value is -2.63. The lowest BCUT2D eigenvalue weighted by Crippen LogP contribution is -2.17. The minimum absolute atomic E-state index is 0.0837. The maximum absolute atomic E-state index is 13.4. The second kappa shape index (κ2) is 12.9. The molecule has 1 atom stereocenters. The quantitative estimate of drug-likeness (QED) is 0.229. The number of thioether (sulfide) groups is 1. The number of amides is 1. The van der Waals surface area contributed by atoms with Crippen LogP contribution in [0.15, 0.2) is 23.4 Å². The zero-order chi connectivity index (χ0) is 27.2. The average molecular weight is 581 g/mol. The van der Waals surface area contributed by atoms with Gasteiger partial charge in [-0.3, -0.25) is 4.79 Å². The molecule has 0 fully saturated rings. The number of aryl methyl sites for hydroxylation is 1. The molecule has 0 aliphatic heterocycles. The number of rotatable bonds is 9. The summed E-state index contributed by atoms with van der Waals surface area (Å²) in [7, 11) is 1.36. The van der Waals surface area contributed by atoms with Gasteiger partial charge in [0, 0.05) is 11.4 Å². The van der Waals surface area contributed by atoms with Gasteiger partial charge in [-0.05, 0) is 63.3 Å². The van der Waals surface area contributed by atoms with Crippen LogP contribution in [0.1, 0.15) is 72.3 Å². The van der Waals surface area contributed by atoms with Crippen molar-refractivity contribution in [2.75, 3.05) is 18.2 Å². The van der Waals surface area contributed by atoms with E-state index in [9.17, 15) is 14.0 Å². The molecule has 3 aromatic rings. The van der Waals surface area contributed by atoms with E-state index >= 15 is 0 Å². The molecule has 1 aliphatic rings. The van der Waals surface area contributed by atoms with Crippen LogP contribution in [0, 0.1) is 5.82 Å². The van der Waals surface area contributed by atoms with Gasteiger partial charge in [0.15, 0.2) is 17.1 Å². The molecule has 204 valence electrons. The highest BCUT2D eigenvalue weighted by atomic mass is 35.5. The van der Waals surface area contributed by atoms with Crippen LogP contribution in [0.4, 0.5) is 9.39 Å². The van der Waals surface area contributed by atoms with Crippen LogP contribution < -0.4 is 10.1 Å². The van der Waals surface area contributed by atoms with Crippen LogP contribution >= 0.6 is 34.7 Å². The zero-order valence-electron chi connectivity index (χ0n) is 21.5. The first-order valence-electron chi connectivity index (χ1n) is 12.5. The number of fused-ring (bicyclic) bond motifs is 1. The number of benzene rings is 1. The van der Waals surface area contributed by atoms with Gasteiger partial charge in [-0.25, -0.2) is 9.18 Å². The molecule has 0 saturated heterocycles. The van der Waals surface area contributed by atoms with E-state index in [0.29, 0.717) is 33.8 Å². The molecule has 1 aliphatic carbocycles. The van der Waals surface area contributed by atoms with Gasteiger partial charge < -0.3 is 19.4 Å². The highest BCUT2D eigenvalue weighted by Crippen LogP contribution is 2.38. The second-order valence-electron chi connectivity index (χ2n) is 8.87. The van der Waals surface area contributed by atoms with Crippen LogP contribution in [-0.2, 0) is 28.9 Å². The van der Waals surface area contributed by atoms with Gasteiger partial charge in [0.2, 0.25) is 5.91 Å². The number of anilines is 1. The van der Waals surface area contributed by atoms with Gasteiger partial charge in [0.05, 0.1) is 23.4 Å². The van der Waals surface area contributed by atoms with E-state index in [4.69, 9.17) is 21.1 Å². The Bertz CT molecular complexity index is 1310. The molecule has 38 heavy (non-hydrogen) atoms. The van der Waals surface area contributed by atoms with Crippen molar-refractivity contribution in [1.29, 1.82) is 0 Å². The summed E-state index contributed by atoms with van der Waals surface area (Å²) in [6.45, 7) is 4.30. The molecule has 8 nitrogen and oxygen atoms in total. The van der Waals surface area contributed by atoms with Crippen molar-refractivity contribution >= 4 is 51.6 Å². The number of ether oxygens (including phenoxy) is 2. The molecule has 1 amide bonds. The third-order valence-corrected chi connectivity index (χ3v) is 8.74. The monoisotopic (exact) mass is 580 g/mol.